The average molecular weight is 85.1 g/mol. The van der Waals surface area contributed by atoms with Crippen LogP contribution in [-0.4, -0.2) is 6.10 Å². The summed E-state index contributed by atoms with van der Waals surface area (Å²) in [5.41, 5.74) is 0. The van der Waals surface area contributed by atoms with Gasteiger partial charge in [0.05, 0.1) is 0 Å². The van der Waals surface area contributed by atoms with Gasteiger partial charge in [-0.2, -0.15) is 0 Å². The van der Waals surface area contributed by atoms with Crippen LogP contribution in [0.5, 0.6) is 0 Å². The van der Waals surface area contributed by atoms with Crippen molar-refractivity contribution in [1.29, 1.82) is 0 Å². The van der Waals surface area contributed by atoms with Gasteiger partial charge in [-0.15, -0.1) is 6.42 Å². The van der Waals surface area contributed by atoms with Crippen LogP contribution in [0.25, 0.3) is 0 Å². The van der Waals surface area contributed by atoms with Crippen molar-refractivity contribution in [3.8, 4) is 12.3 Å². The zero-order chi connectivity index (χ0) is 4.99. The Labute approximate surface area is 37.2 Å². The minimum Gasteiger partial charge on any atom is -0.289 e. The highest BCUT2D eigenvalue weighted by molar-refractivity contribution is 4.90. The zero-order valence-electron chi connectivity index (χ0n) is 3.64. The standard InChI is InChI=1S/C4H7NO/c1-3-4(2)6-5/h1,4H,5H2,2H3/t4-/m1/s1. The largest absolute Gasteiger partial charge is 0.289 e. The Morgan fingerprint density at radius 1 is 2.00 bits per heavy atom. The predicted molar refractivity (Wildman–Crippen MR) is 23.6 cm³/mol. The Kier molecular flexibility index (Phi) is 2.47. The molecule has 0 aliphatic carbocycles. The maximum absolute atomic E-state index is 4.83. The Bertz CT molecular complexity index is 64.4. The second-order valence-corrected chi connectivity index (χ2v) is 0.945. The van der Waals surface area contributed by atoms with Crippen molar-refractivity contribution in [2.75, 3.05) is 0 Å². The third kappa shape index (κ3) is 1.77. The molecule has 0 radical (unpaired) electrons. The van der Waals surface area contributed by atoms with E-state index in [4.69, 9.17) is 6.42 Å². The molecule has 0 spiro atoms. The minimum absolute atomic E-state index is 0.259. The SMILES string of the molecule is C#C[C@@H](C)ON. The molecule has 2 nitrogen and oxygen atoms in total. The summed E-state index contributed by atoms with van der Waals surface area (Å²) in [5.74, 6) is 6.91. The first-order valence-electron chi connectivity index (χ1n) is 1.63. The smallest absolute Gasteiger partial charge is 0.136 e. The Balaban J connectivity index is 3.04. The van der Waals surface area contributed by atoms with Crippen LogP contribution in [0.1, 0.15) is 6.92 Å². The van der Waals surface area contributed by atoms with E-state index in [1.165, 1.54) is 0 Å². The molecule has 0 bridgehead atoms. The van der Waals surface area contributed by atoms with E-state index in [1.807, 2.05) is 0 Å². The molecule has 0 fully saturated rings. The van der Waals surface area contributed by atoms with E-state index < -0.39 is 0 Å². The van der Waals surface area contributed by atoms with E-state index >= 15 is 0 Å². The van der Waals surface area contributed by atoms with Crippen molar-refractivity contribution in [3.63, 3.8) is 0 Å². The van der Waals surface area contributed by atoms with Crippen molar-refractivity contribution in [2.45, 2.75) is 13.0 Å². The Morgan fingerprint density at radius 3 is 2.50 bits per heavy atom. The maximum Gasteiger partial charge on any atom is 0.136 e. The molecule has 6 heavy (non-hydrogen) atoms. The number of terminal acetylenes is 1. The summed E-state index contributed by atoms with van der Waals surface area (Å²) in [5, 5.41) is 0. The summed E-state index contributed by atoms with van der Waals surface area (Å²) in [4.78, 5) is 4.16. The molecule has 2 heteroatoms. The maximum atomic E-state index is 4.83. The number of nitrogens with two attached hydrogens (primary N) is 1. The zero-order valence-corrected chi connectivity index (χ0v) is 3.64. The molecule has 0 rings (SSSR count). The van der Waals surface area contributed by atoms with Crippen molar-refractivity contribution < 1.29 is 4.84 Å². The Morgan fingerprint density at radius 2 is 2.50 bits per heavy atom. The molecular formula is C4H7NO. The lowest BCUT2D eigenvalue weighted by molar-refractivity contribution is 0.106. The normalized spacial score (nSPS) is 12.8. The minimum atomic E-state index is -0.259. The topological polar surface area (TPSA) is 35.2 Å². The molecule has 0 saturated carbocycles. The van der Waals surface area contributed by atoms with E-state index in [1.54, 1.807) is 6.92 Å². The molecule has 0 aromatic heterocycles. The van der Waals surface area contributed by atoms with E-state index in [0.29, 0.717) is 0 Å². The summed E-state index contributed by atoms with van der Waals surface area (Å²) in [6.07, 6.45) is 4.57. The fourth-order valence-corrected chi connectivity index (χ4v) is 0.0393. The summed E-state index contributed by atoms with van der Waals surface area (Å²) in [6, 6.07) is 0. The molecule has 1 atom stereocenters. The van der Waals surface area contributed by atoms with Crippen LogP contribution in [-0.2, 0) is 4.84 Å². The first-order valence-corrected chi connectivity index (χ1v) is 1.63. The third-order valence-electron chi connectivity index (χ3n) is 0.439. The van der Waals surface area contributed by atoms with Gasteiger partial charge in [0.15, 0.2) is 0 Å². The van der Waals surface area contributed by atoms with E-state index in [0.717, 1.165) is 0 Å². The van der Waals surface area contributed by atoms with Gasteiger partial charge in [0.25, 0.3) is 0 Å². The van der Waals surface area contributed by atoms with Crippen LogP contribution in [0, 0.1) is 12.3 Å². The Hall–Kier alpha value is -0.520. The first-order chi connectivity index (χ1) is 2.81. The summed E-state index contributed by atoms with van der Waals surface area (Å²) < 4.78 is 0. The van der Waals surface area contributed by atoms with Gasteiger partial charge in [0.1, 0.15) is 6.10 Å². The first kappa shape index (κ1) is 5.48. The van der Waals surface area contributed by atoms with Crippen LogP contribution in [0.2, 0.25) is 0 Å². The molecule has 34 valence electrons. The van der Waals surface area contributed by atoms with Gasteiger partial charge < -0.3 is 0 Å². The van der Waals surface area contributed by atoms with Crippen LogP contribution in [0.3, 0.4) is 0 Å². The lowest BCUT2D eigenvalue weighted by Gasteiger charge is -1.93. The van der Waals surface area contributed by atoms with Gasteiger partial charge in [-0.05, 0) is 6.92 Å². The highest BCUT2D eigenvalue weighted by atomic mass is 16.6. The summed E-state index contributed by atoms with van der Waals surface area (Å²) in [7, 11) is 0. The molecular weight excluding hydrogens is 78.0 g/mol. The molecule has 0 aliphatic rings. The van der Waals surface area contributed by atoms with E-state index in [9.17, 15) is 0 Å². The molecule has 0 unspecified atom stereocenters. The highest BCUT2D eigenvalue weighted by Crippen LogP contribution is 1.75. The molecule has 0 aromatic rings. The fraction of sp³-hybridized carbons (Fsp3) is 0.500. The third-order valence-corrected chi connectivity index (χ3v) is 0.439. The highest BCUT2D eigenvalue weighted by Gasteiger charge is 1.85. The van der Waals surface area contributed by atoms with Crippen LogP contribution < -0.4 is 5.90 Å². The molecule has 0 aliphatic heterocycles. The second-order valence-electron chi connectivity index (χ2n) is 0.945. The molecule has 2 N–H and O–H groups in total. The number of hydrogen-bond acceptors (Lipinski definition) is 2. The summed E-state index contributed by atoms with van der Waals surface area (Å²) in [6.45, 7) is 1.69. The lowest BCUT2D eigenvalue weighted by atomic mass is 10.4. The van der Waals surface area contributed by atoms with E-state index in [-0.39, 0.29) is 6.10 Å². The fourth-order valence-electron chi connectivity index (χ4n) is 0.0393. The summed E-state index contributed by atoms with van der Waals surface area (Å²) >= 11 is 0. The quantitative estimate of drug-likeness (QED) is 0.356. The molecule has 0 amide bonds. The predicted octanol–water partition coefficient (Wildman–Crippen LogP) is -0.102. The lowest BCUT2D eigenvalue weighted by Crippen LogP contribution is -2.09. The van der Waals surface area contributed by atoms with Crippen molar-refractivity contribution >= 4 is 0 Å². The number of rotatable bonds is 1. The number of hydrogen-bond donors (Lipinski definition) is 1. The van der Waals surface area contributed by atoms with Gasteiger partial charge in [-0.1, -0.05) is 5.92 Å². The average Bonchev–Trinajstić information content (AvgIpc) is 1.65. The van der Waals surface area contributed by atoms with Gasteiger partial charge >= 0.3 is 0 Å². The van der Waals surface area contributed by atoms with Gasteiger partial charge in [0, 0.05) is 0 Å². The van der Waals surface area contributed by atoms with Gasteiger partial charge in [-0.3, -0.25) is 4.84 Å². The van der Waals surface area contributed by atoms with Crippen LogP contribution in [0.15, 0.2) is 0 Å². The van der Waals surface area contributed by atoms with Crippen molar-refractivity contribution in [1.82, 2.24) is 0 Å². The van der Waals surface area contributed by atoms with Gasteiger partial charge in [-0.25, -0.2) is 5.90 Å². The molecule has 0 aromatic carbocycles. The van der Waals surface area contributed by atoms with Crippen LogP contribution in [0.4, 0.5) is 0 Å². The van der Waals surface area contributed by atoms with Crippen molar-refractivity contribution in [3.05, 3.63) is 0 Å². The molecule has 0 heterocycles. The van der Waals surface area contributed by atoms with Crippen molar-refractivity contribution in [2.24, 2.45) is 5.90 Å². The monoisotopic (exact) mass is 85.1 g/mol. The molecule has 0 saturated heterocycles. The van der Waals surface area contributed by atoms with Gasteiger partial charge in [0.2, 0.25) is 0 Å². The van der Waals surface area contributed by atoms with E-state index in [2.05, 4.69) is 16.7 Å². The van der Waals surface area contributed by atoms with Crippen LogP contribution >= 0.6 is 0 Å². The second kappa shape index (κ2) is 2.70.